The van der Waals surface area contributed by atoms with E-state index in [1.165, 1.54) is 7.11 Å². The Morgan fingerprint density at radius 2 is 2.54 bits per heavy atom. The number of esters is 1. The Morgan fingerprint density at radius 1 is 1.77 bits per heavy atom. The lowest BCUT2D eigenvalue weighted by Gasteiger charge is -2.10. The second-order valence-corrected chi connectivity index (χ2v) is 3.34. The summed E-state index contributed by atoms with van der Waals surface area (Å²) < 4.78 is 9.90. The number of hydrogen-bond donors (Lipinski definition) is 0. The fourth-order valence-corrected chi connectivity index (χ4v) is 1.62. The van der Waals surface area contributed by atoms with Crippen molar-refractivity contribution >= 4 is 5.97 Å². The second kappa shape index (κ2) is 3.00. The fraction of sp³-hybridized carbons (Fsp3) is 0.500. The van der Waals surface area contributed by atoms with Crippen LogP contribution < -0.4 is 0 Å². The van der Waals surface area contributed by atoms with Crippen LogP contribution in [0.2, 0.25) is 0 Å². The Morgan fingerprint density at radius 3 is 3.15 bits per heavy atom. The maximum absolute atomic E-state index is 11.1. The first-order chi connectivity index (χ1) is 6.22. The molecule has 0 radical (unpaired) electrons. The van der Waals surface area contributed by atoms with Gasteiger partial charge in [-0.15, -0.1) is 0 Å². The normalized spacial score (nSPS) is 30.1. The summed E-state index contributed by atoms with van der Waals surface area (Å²) in [6, 6.07) is 0. The van der Waals surface area contributed by atoms with Crippen LogP contribution in [-0.4, -0.2) is 25.3 Å². The van der Waals surface area contributed by atoms with E-state index in [1.54, 1.807) is 0 Å². The van der Waals surface area contributed by atoms with Crippen molar-refractivity contribution < 1.29 is 14.3 Å². The summed E-state index contributed by atoms with van der Waals surface area (Å²) in [6.07, 6.45) is 4.47. The lowest BCUT2D eigenvalue weighted by Crippen LogP contribution is -2.10. The van der Waals surface area contributed by atoms with Gasteiger partial charge in [0.15, 0.2) is 0 Å². The number of ether oxygens (including phenoxy) is 2. The van der Waals surface area contributed by atoms with Crippen molar-refractivity contribution in [3.63, 3.8) is 0 Å². The summed E-state index contributed by atoms with van der Waals surface area (Å²) in [6.45, 7) is 3.70. The van der Waals surface area contributed by atoms with Gasteiger partial charge in [-0.1, -0.05) is 6.58 Å². The van der Waals surface area contributed by atoms with Crippen molar-refractivity contribution in [2.75, 3.05) is 7.11 Å². The summed E-state index contributed by atoms with van der Waals surface area (Å²) >= 11 is 0. The molecule has 0 spiro atoms. The first kappa shape index (κ1) is 8.51. The predicted octanol–water partition coefficient (Wildman–Crippen LogP) is 1.20. The van der Waals surface area contributed by atoms with Gasteiger partial charge >= 0.3 is 5.97 Å². The third-order valence-corrected chi connectivity index (χ3v) is 2.50. The van der Waals surface area contributed by atoms with Crippen molar-refractivity contribution in [3.05, 3.63) is 23.8 Å². The molecule has 3 heteroatoms. The van der Waals surface area contributed by atoms with Gasteiger partial charge in [0.1, 0.15) is 6.10 Å². The van der Waals surface area contributed by atoms with E-state index in [9.17, 15) is 4.79 Å². The quantitative estimate of drug-likeness (QED) is 0.364. The van der Waals surface area contributed by atoms with E-state index < -0.39 is 0 Å². The first-order valence-electron chi connectivity index (χ1n) is 4.36. The zero-order chi connectivity index (χ0) is 9.42. The number of rotatable bonds is 2. The molecule has 13 heavy (non-hydrogen) atoms. The van der Waals surface area contributed by atoms with Crippen LogP contribution in [0.25, 0.3) is 0 Å². The average Bonchev–Trinajstić information content (AvgIpc) is 2.92. The summed E-state index contributed by atoms with van der Waals surface area (Å²) in [5, 5.41) is 0. The first-order valence-corrected chi connectivity index (χ1v) is 4.36. The molecule has 0 aromatic carbocycles. The van der Waals surface area contributed by atoms with E-state index in [0.717, 1.165) is 18.4 Å². The van der Waals surface area contributed by atoms with Gasteiger partial charge in [0.25, 0.3) is 0 Å². The van der Waals surface area contributed by atoms with Gasteiger partial charge in [-0.25, -0.2) is 4.79 Å². The number of epoxide rings is 1. The molecule has 2 rings (SSSR count). The van der Waals surface area contributed by atoms with Gasteiger partial charge in [0, 0.05) is 0 Å². The Hall–Kier alpha value is -1.09. The molecule has 1 aliphatic carbocycles. The maximum Gasteiger partial charge on any atom is 0.337 e. The molecule has 0 amide bonds. The molecule has 1 fully saturated rings. The molecular formula is C10H12O3. The Kier molecular flexibility index (Phi) is 1.96. The van der Waals surface area contributed by atoms with Gasteiger partial charge in [0.2, 0.25) is 0 Å². The molecule has 2 aliphatic rings. The second-order valence-electron chi connectivity index (χ2n) is 3.34. The largest absolute Gasteiger partial charge is 0.465 e. The predicted molar refractivity (Wildman–Crippen MR) is 47.1 cm³/mol. The van der Waals surface area contributed by atoms with Gasteiger partial charge < -0.3 is 9.47 Å². The molecule has 2 unspecified atom stereocenters. The van der Waals surface area contributed by atoms with Crippen LogP contribution in [0, 0.1) is 0 Å². The molecule has 0 aromatic rings. The zero-order valence-corrected chi connectivity index (χ0v) is 7.58. The molecule has 0 N–H and O–H groups in total. The minimum absolute atomic E-state index is 0.227. The van der Waals surface area contributed by atoms with Crippen LogP contribution in [0.4, 0.5) is 0 Å². The lowest BCUT2D eigenvalue weighted by atomic mass is 9.94. The number of methoxy groups -OCH3 is 1. The van der Waals surface area contributed by atoms with Crippen molar-refractivity contribution in [2.45, 2.75) is 25.0 Å². The fourth-order valence-electron chi connectivity index (χ4n) is 1.62. The highest BCUT2D eigenvalue weighted by Crippen LogP contribution is 2.36. The van der Waals surface area contributed by atoms with Crippen molar-refractivity contribution in [1.29, 1.82) is 0 Å². The van der Waals surface area contributed by atoms with Crippen LogP contribution in [0.15, 0.2) is 23.8 Å². The van der Waals surface area contributed by atoms with E-state index in [-0.39, 0.29) is 12.1 Å². The van der Waals surface area contributed by atoms with E-state index in [0.29, 0.717) is 11.7 Å². The molecule has 3 nitrogen and oxygen atoms in total. The molecule has 70 valence electrons. The molecule has 1 heterocycles. The van der Waals surface area contributed by atoms with Gasteiger partial charge in [0.05, 0.1) is 18.8 Å². The smallest absolute Gasteiger partial charge is 0.337 e. The van der Waals surface area contributed by atoms with Gasteiger partial charge in [-0.2, -0.15) is 0 Å². The average molecular weight is 180 g/mol. The van der Waals surface area contributed by atoms with Crippen LogP contribution in [-0.2, 0) is 14.3 Å². The minimum atomic E-state index is -0.342. The monoisotopic (exact) mass is 180 g/mol. The molecule has 1 saturated heterocycles. The number of carbonyl (C=O) groups is 1. The molecule has 1 aliphatic heterocycles. The van der Waals surface area contributed by atoms with Crippen LogP contribution >= 0.6 is 0 Å². The van der Waals surface area contributed by atoms with Crippen molar-refractivity contribution in [2.24, 2.45) is 0 Å². The molecule has 0 aromatic heterocycles. The minimum Gasteiger partial charge on any atom is -0.465 e. The Labute approximate surface area is 77.0 Å². The van der Waals surface area contributed by atoms with Crippen molar-refractivity contribution in [3.8, 4) is 0 Å². The highest BCUT2D eigenvalue weighted by Gasteiger charge is 2.40. The molecule has 0 saturated carbocycles. The van der Waals surface area contributed by atoms with Gasteiger partial charge in [-0.3, -0.25) is 0 Å². The summed E-state index contributed by atoms with van der Waals surface area (Å²) in [4.78, 5) is 11.1. The summed E-state index contributed by atoms with van der Waals surface area (Å²) in [5.41, 5.74) is 1.45. The van der Waals surface area contributed by atoms with E-state index in [2.05, 4.69) is 11.3 Å². The van der Waals surface area contributed by atoms with Gasteiger partial charge in [-0.05, 0) is 24.5 Å². The zero-order valence-electron chi connectivity index (χ0n) is 7.58. The standard InChI is InChI=1S/C10H12O3/c1-6(10(11)12-2)7-3-4-8-9(5-7)13-8/h5,8-9H,1,3-4H2,2H3. The number of hydrogen-bond acceptors (Lipinski definition) is 3. The summed E-state index contributed by atoms with van der Waals surface area (Å²) in [7, 11) is 1.37. The molecule has 2 atom stereocenters. The van der Waals surface area contributed by atoms with E-state index in [1.807, 2.05) is 6.08 Å². The maximum atomic E-state index is 11.1. The van der Waals surface area contributed by atoms with Crippen LogP contribution in [0.5, 0.6) is 0 Å². The topological polar surface area (TPSA) is 38.8 Å². The van der Waals surface area contributed by atoms with Crippen LogP contribution in [0.1, 0.15) is 12.8 Å². The third-order valence-electron chi connectivity index (χ3n) is 2.50. The number of carbonyl (C=O) groups excluding carboxylic acids is 1. The lowest BCUT2D eigenvalue weighted by molar-refractivity contribution is -0.135. The summed E-state index contributed by atoms with van der Waals surface area (Å²) in [5.74, 6) is -0.342. The SMILES string of the molecule is C=C(C(=O)OC)C1=CC2OC2CC1. The highest BCUT2D eigenvalue weighted by molar-refractivity contribution is 5.92. The van der Waals surface area contributed by atoms with E-state index >= 15 is 0 Å². The highest BCUT2D eigenvalue weighted by atomic mass is 16.6. The van der Waals surface area contributed by atoms with Crippen LogP contribution in [0.3, 0.4) is 0 Å². The number of fused-ring (bicyclic) bond motifs is 1. The third kappa shape index (κ3) is 1.52. The molecule has 0 bridgehead atoms. The molecular weight excluding hydrogens is 168 g/mol. The van der Waals surface area contributed by atoms with E-state index in [4.69, 9.17) is 4.74 Å². The Bertz CT molecular complexity index is 291. The van der Waals surface area contributed by atoms with Crippen molar-refractivity contribution in [1.82, 2.24) is 0 Å². The Balaban J connectivity index is 2.08.